The normalized spacial score (nSPS) is 9.94. The molecule has 0 fully saturated rings. The minimum atomic E-state index is -0.509. The van der Waals surface area contributed by atoms with Gasteiger partial charge in [-0.25, -0.2) is 4.68 Å². The quantitative estimate of drug-likeness (QED) is 0.592. The number of nitrogen functional groups attached to an aromatic ring is 2. The van der Waals surface area contributed by atoms with Crippen LogP contribution in [-0.4, -0.2) is 14.7 Å². The minimum Gasteiger partial charge on any atom is -0.382 e. The van der Waals surface area contributed by atoms with Gasteiger partial charge in [-0.1, -0.05) is 0 Å². The second-order valence-corrected chi connectivity index (χ2v) is 3.44. The van der Waals surface area contributed by atoms with Gasteiger partial charge in [0.2, 0.25) is 0 Å². The van der Waals surface area contributed by atoms with E-state index in [4.69, 9.17) is 16.7 Å². The minimum absolute atomic E-state index is 0.0216. The van der Waals surface area contributed by atoms with Gasteiger partial charge < -0.3 is 11.5 Å². The number of nitriles is 1. The maximum absolute atomic E-state index is 10.5. The predicted octanol–water partition coefficient (Wildman–Crippen LogP) is 0.817. The summed E-state index contributed by atoms with van der Waals surface area (Å²) >= 11 is 0. The highest BCUT2D eigenvalue weighted by Gasteiger charge is 2.14. The molecule has 1 aromatic heterocycles. The molecule has 0 unspecified atom stereocenters. The number of benzene rings is 1. The monoisotopic (exact) mass is 244 g/mol. The van der Waals surface area contributed by atoms with Crippen molar-refractivity contribution in [3.8, 4) is 11.8 Å². The van der Waals surface area contributed by atoms with E-state index < -0.39 is 4.92 Å². The number of nitro benzene ring substituents is 1. The Labute approximate surface area is 101 Å². The van der Waals surface area contributed by atoms with E-state index in [1.165, 1.54) is 28.9 Å². The molecule has 0 aliphatic rings. The van der Waals surface area contributed by atoms with Crippen LogP contribution in [0.1, 0.15) is 5.56 Å². The van der Waals surface area contributed by atoms with Crippen LogP contribution in [0, 0.1) is 21.4 Å². The number of nitrogens with two attached hydrogens (primary N) is 2. The Hall–Kier alpha value is -3.08. The molecule has 1 aromatic carbocycles. The molecule has 0 atom stereocenters. The van der Waals surface area contributed by atoms with Gasteiger partial charge in [-0.15, -0.1) is 5.10 Å². The highest BCUT2D eigenvalue weighted by Crippen LogP contribution is 2.23. The van der Waals surface area contributed by atoms with E-state index in [1.54, 1.807) is 0 Å². The fourth-order valence-corrected chi connectivity index (χ4v) is 1.48. The van der Waals surface area contributed by atoms with Gasteiger partial charge in [-0.2, -0.15) is 5.26 Å². The smallest absolute Gasteiger partial charge is 0.269 e. The van der Waals surface area contributed by atoms with Crippen molar-refractivity contribution in [2.45, 2.75) is 0 Å². The van der Waals surface area contributed by atoms with Crippen LogP contribution < -0.4 is 11.5 Å². The second-order valence-electron chi connectivity index (χ2n) is 3.44. The molecule has 4 N–H and O–H groups in total. The summed E-state index contributed by atoms with van der Waals surface area (Å²) in [6.07, 6.45) is 0. The van der Waals surface area contributed by atoms with Crippen molar-refractivity contribution >= 4 is 17.3 Å². The van der Waals surface area contributed by atoms with Crippen molar-refractivity contribution in [2.75, 3.05) is 11.5 Å². The van der Waals surface area contributed by atoms with Gasteiger partial charge in [0.05, 0.1) is 10.6 Å². The Kier molecular flexibility index (Phi) is 2.57. The molecule has 0 saturated heterocycles. The van der Waals surface area contributed by atoms with Gasteiger partial charge in [-0.05, 0) is 12.1 Å². The lowest BCUT2D eigenvalue weighted by atomic mass is 10.3. The van der Waals surface area contributed by atoms with E-state index >= 15 is 0 Å². The Morgan fingerprint density at radius 3 is 2.39 bits per heavy atom. The third kappa shape index (κ3) is 1.69. The first-order chi connectivity index (χ1) is 8.54. The van der Waals surface area contributed by atoms with Crippen LogP contribution in [0.3, 0.4) is 0 Å². The van der Waals surface area contributed by atoms with E-state index in [1.807, 2.05) is 6.07 Å². The van der Waals surface area contributed by atoms with Crippen molar-refractivity contribution in [3.63, 3.8) is 0 Å². The van der Waals surface area contributed by atoms with Crippen LogP contribution in [0.15, 0.2) is 24.3 Å². The fourth-order valence-electron chi connectivity index (χ4n) is 1.48. The number of aromatic nitrogens is 2. The van der Waals surface area contributed by atoms with Crippen molar-refractivity contribution in [2.24, 2.45) is 0 Å². The molecule has 0 amide bonds. The highest BCUT2D eigenvalue weighted by atomic mass is 16.6. The molecule has 0 bridgehead atoms. The zero-order valence-electron chi connectivity index (χ0n) is 9.07. The summed E-state index contributed by atoms with van der Waals surface area (Å²) in [7, 11) is 0. The molecule has 8 heteroatoms. The molecule has 90 valence electrons. The maximum atomic E-state index is 10.5. The van der Waals surface area contributed by atoms with Crippen LogP contribution in [0.25, 0.3) is 5.69 Å². The lowest BCUT2D eigenvalue weighted by molar-refractivity contribution is -0.384. The van der Waals surface area contributed by atoms with E-state index in [0.717, 1.165) is 0 Å². The lowest BCUT2D eigenvalue weighted by Gasteiger charge is -2.02. The summed E-state index contributed by atoms with van der Waals surface area (Å²) in [5.74, 6) is 0.122. The van der Waals surface area contributed by atoms with Gasteiger partial charge in [0.25, 0.3) is 5.69 Å². The number of nitro groups is 1. The molecule has 0 spiro atoms. The largest absolute Gasteiger partial charge is 0.382 e. The molecule has 2 rings (SSSR count). The van der Waals surface area contributed by atoms with Crippen molar-refractivity contribution in [1.29, 1.82) is 5.26 Å². The summed E-state index contributed by atoms with van der Waals surface area (Å²) in [4.78, 5) is 10.0. The molecule has 0 aliphatic heterocycles. The van der Waals surface area contributed by atoms with Crippen LogP contribution in [0.4, 0.5) is 17.3 Å². The molecule has 0 saturated carbocycles. The number of anilines is 2. The summed E-state index contributed by atoms with van der Waals surface area (Å²) in [5.41, 5.74) is 11.8. The standard InChI is InChI=1S/C10H8N6O2/c11-5-8-9(12)14-15(10(8)13)6-1-3-7(4-2-6)16(17)18/h1-4H,13H2,(H2,12,14). The van der Waals surface area contributed by atoms with Gasteiger partial charge >= 0.3 is 0 Å². The Balaban J connectivity index is 2.50. The van der Waals surface area contributed by atoms with E-state index in [2.05, 4.69) is 5.10 Å². The molecule has 18 heavy (non-hydrogen) atoms. The Morgan fingerprint density at radius 1 is 1.33 bits per heavy atom. The summed E-state index contributed by atoms with van der Waals surface area (Å²) in [5, 5.41) is 23.2. The van der Waals surface area contributed by atoms with Gasteiger partial charge in [0.1, 0.15) is 17.5 Å². The van der Waals surface area contributed by atoms with Crippen LogP contribution in [0.5, 0.6) is 0 Å². The topological polar surface area (TPSA) is 137 Å². The van der Waals surface area contributed by atoms with Crippen molar-refractivity contribution < 1.29 is 4.92 Å². The summed E-state index contributed by atoms with van der Waals surface area (Å²) in [6, 6.07) is 7.43. The molecular formula is C10H8N6O2. The lowest BCUT2D eigenvalue weighted by Crippen LogP contribution is -2.02. The Bertz CT molecular complexity index is 652. The molecule has 1 heterocycles. The first-order valence-electron chi connectivity index (χ1n) is 4.83. The summed E-state index contributed by atoms with van der Waals surface area (Å²) in [6.45, 7) is 0. The van der Waals surface area contributed by atoms with Crippen LogP contribution in [0.2, 0.25) is 0 Å². The first kappa shape index (κ1) is 11.4. The Morgan fingerprint density at radius 2 is 1.94 bits per heavy atom. The van der Waals surface area contributed by atoms with E-state index in [9.17, 15) is 10.1 Å². The third-order valence-electron chi connectivity index (χ3n) is 2.37. The second kappa shape index (κ2) is 4.06. The van der Waals surface area contributed by atoms with Gasteiger partial charge in [0.15, 0.2) is 5.82 Å². The zero-order chi connectivity index (χ0) is 13.3. The van der Waals surface area contributed by atoms with E-state index in [0.29, 0.717) is 5.69 Å². The number of hydrogen-bond acceptors (Lipinski definition) is 6. The fraction of sp³-hybridized carbons (Fsp3) is 0. The average Bonchev–Trinajstić information content (AvgIpc) is 2.64. The van der Waals surface area contributed by atoms with E-state index in [-0.39, 0.29) is 22.9 Å². The molecule has 8 nitrogen and oxygen atoms in total. The predicted molar refractivity (Wildman–Crippen MR) is 63.8 cm³/mol. The van der Waals surface area contributed by atoms with Gasteiger partial charge in [0, 0.05) is 12.1 Å². The molecule has 0 radical (unpaired) electrons. The SMILES string of the molecule is N#Cc1c(N)nn(-c2ccc([N+](=O)[O-])cc2)c1N. The number of hydrogen-bond donors (Lipinski definition) is 2. The molecular weight excluding hydrogens is 236 g/mol. The van der Waals surface area contributed by atoms with Crippen LogP contribution >= 0.6 is 0 Å². The average molecular weight is 244 g/mol. The van der Waals surface area contributed by atoms with Crippen molar-refractivity contribution in [3.05, 3.63) is 39.9 Å². The number of rotatable bonds is 2. The highest BCUT2D eigenvalue weighted by molar-refractivity contribution is 5.64. The van der Waals surface area contributed by atoms with Crippen molar-refractivity contribution in [1.82, 2.24) is 9.78 Å². The first-order valence-corrected chi connectivity index (χ1v) is 4.83. The van der Waals surface area contributed by atoms with Crippen LogP contribution in [-0.2, 0) is 0 Å². The number of non-ortho nitro benzene ring substituents is 1. The number of nitrogens with zero attached hydrogens (tertiary/aromatic N) is 4. The third-order valence-corrected chi connectivity index (χ3v) is 2.37. The molecule has 2 aromatic rings. The zero-order valence-corrected chi connectivity index (χ0v) is 9.07. The summed E-state index contributed by atoms with van der Waals surface area (Å²) < 4.78 is 1.26. The molecule has 0 aliphatic carbocycles. The maximum Gasteiger partial charge on any atom is 0.269 e. The van der Waals surface area contributed by atoms with Gasteiger partial charge in [-0.3, -0.25) is 10.1 Å².